The Bertz CT molecular complexity index is 807. The molecule has 3 aromatic heterocycles. The van der Waals surface area contributed by atoms with Crippen molar-refractivity contribution in [2.75, 3.05) is 12.4 Å². The molecule has 1 aliphatic rings. The van der Waals surface area contributed by atoms with Crippen molar-refractivity contribution in [2.45, 2.75) is 25.4 Å². The first-order chi connectivity index (χ1) is 10.8. The van der Waals surface area contributed by atoms with Crippen molar-refractivity contribution in [1.29, 1.82) is 0 Å². The van der Waals surface area contributed by atoms with Crippen molar-refractivity contribution >= 4 is 11.5 Å². The fourth-order valence-electron chi connectivity index (χ4n) is 2.58. The summed E-state index contributed by atoms with van der Waals surface area (Å²) < 4.78 is 7.89. The molecule has 0 unspecified atom stereocenters. The van der Waals surface area contributed by atoms with Gasteiger partial charge in [0, 0.05) is 31.7 Å². The smallest absolute Gasteiger partial charge is 0.137 e. The van der Waals surface area contributed by atoms with Gasteiger partial charge in [0.1, 0.15) is 23.8 Å². The van der Waals surface area contributed by atoms with Crippen molar-refractivity contribution in [3.8, 4) is 5.75 Å². The maximum atomic E-state index is 5.80. The van der Waals surface area contributed by atoms with Crippen LogP contribution in [0.3, 0.4) is 0 Å². The summed E-state index contributed by atoms with van der Waals surface area (Å²) >= 11 is 0. The molecule has 4 rings (SSSR count). The topological polar surface area (TPSA) is 51.5 Å². The molecule has 0 radical (unpaired) electrons. The first kappa shape index (κ1) is 13.1. The lowest BCUT2D eigenvalue weighted by Gasteiger charge is -2.05. The van der Waals surface area contributed by atoms with Crippen LogP contribution in [0.25, 0.3) is 5.65 Å². The summed E-state index contributed by atoms with van der Waals surface area (Å²) in [5.41, 5.74) is 3.30. The third-order valence-electron chi connectivity index (χ3n) is 3.95. The van der Waals surface area contributed by atoms with Gasteiger partial charge in [0.2, 0.25) is 0 Å². The van der Waals surface area contributed by atoms with Gasteiger partial charge in [0.05, 0.1) is 5.69 Å². The van der Waals surface area contributed by atoms with E-state index in [2.05, 4.69) is 38.0 Å². The van der Waals surface area contributed by atoms with E-state index in [1.807, 2.05) is 25.4 Å². The van der Waals surface area contributed by atoms with E-state index >= 15 is 0 Å². The molecule has 1 aliphatic carbocycles. The van der Waals surface area contributed by atoms with Crippen molar-refractivity contribution < 1.29 is 4.74 Å². The molecule has 22 heavy (non-hydrogen) atoms. The molecular weight excluding hydrogens is 276 g/mol. The first-order valence-corrected chi connectivity index (χ1v) is 7.56. The molecule has 112 valence electrons. The van der Waals surface area contributed by atoms with E-state index < -0.39 is 0 Å². The number of rotatable bonds is 5. The van der Waals surface area contributed by atoms with Crippen molar-refractivity contribution in [1.82, 2.24) is 14.4 Å². The summed E-state index contributed by atoms with van der Waals surface area (Å²) in [5.74, 6) is 2.33. The minimum atomic E-state index is 0.452. The van der Waals surface area contributed by atoms with Crippen molar-refractivity contribution in [3.05, 3.63) is 54.1 Å². The van der Waals surface area contributed by atoms with Gasteiger partial charge >= 0.3 is 0 Å². The van der Waals surface area contributed by atoms with Gasteiger partial charge in [0.25, 0.3) is 0 Å². The molecule has 0 atom stereocenters. The van der Waals surface area contributed by atoms with E-state index in [9.17, 15) is 0 Å². The molecule has 3 heterocycles. The van der Waals surface area contributed by atoms with Gasteiger partial charge in [-0.05, 0) is 36.5 Å². The van der Waals surface area contributed by atoms with Gasteiger partial charge < -0.3 is 14.5 Å². The molecule has 0 amide bonds. The Hall–Kier alpha value is -2.56. The number of nitrogens with zero attached hydrogens (tertiary/aromatic N) is 3. The Morgan fingerprint density at radius 3 is 3.00 bits per heavy atom. The molecule has 5 heteroatoms. The van der Waals surface area contributed by atoms with Crippen LogP contribution in [0, 0.1) is 0 Å². The van der Waals surface area contributed by atoms with Crippen LogP contribution in [0.5, 0.6) is 5.75 Å². The predicted octanol–water partition coefficient (Wildman–Crippen LogP) is 3.23. The van der Waals surface area contributed by atoms with Gasteiger partial charge in [-0.3, -0.25) is 0 Å². The molecule has 0 aliphatic heterocycles. The number of imidazole rings is 1. The second-order valence-electron chi connectivity index (χ2n) is 5.65. The highest BCUT2D eigenvalue weighted by Crippen LogP contribution is 2.39. The molecule has 1 N–H and O–H groups in total. The fourth-order valence-corrected chi connectivity index (χ4v) is 2.58. The molecule has 0 spiro atoms. The normalized spacial score (nSPS) is 14.2. The van der Waals surface area contributed by atoms with Gasteiger partial charge in [-0.2, -0.15) is 0 Å². The number of hydrogen-bond acceptors (Lipinski definition) is 4. The fraction of sp³-hybridized carbons (Fsp3) is 0.294. The Morgan fingerprint density at radius 2 is 2.18 bits per heavy atom. The highest BCUT2D eigenvalue weighted by atomic mass is 16.5. The number of fused-ring (bicyclic) bond motifs is 1. The Morgan fingerprint density at radius 1 is 1.27 bits per heavy atom. The lowest BCUT2D eigenvalue weighted by atomic mass is 10.2. The molecule has 1 fully saturated rings. The summed E-state index contributed by atoms with van der Waals surface area (Å²) in [6.45, 7) is 0.452. The summed E-state index contributed by atoms with van der Waals surface area (Å²) in [7, 11) is 1.84. The van der Waals surface area contributed by atoms with E-state index in [-0.39, 0.29) is 0 Å². The highest BCUT2D eigenvalue weighted by Gasteiger charge is 2.23. The molecule has 0 aromatic carbocycles. The minimum absolute atomic E-state index is 0.452. The Balaban J connectivity index is 1.51. The molecule has 5 nitrogen and oxygen atoms in total. The van der Waals surface area contributed by atoms with E-state index in [4.69, 9.17) is 4.74 Å². The SMILES string of the molecule is CNc1cc(OCc2cn3cc(C4CC4)ccc3n2)ccn1. The average molecular weight is 294 g/mol. The maximum absolute atomic E-state index is 5.80. The zero-order valence-electron chi connectivity index (χ0n) is 12.5. The van der Waals surface area contributed by atoms with Crippen LogP contribution < -0.4 is 10.1 Å². The lowest BCUT2D eigenvalue weighted by molar-refractivity contribution is 0.302. The second-order valence-corrected chi connectivity index (χ2v) is 5.65. The van der Waals surface area contributed by atoms with E-state index in [0.29, 0.717) is 6.61 Å². The predicted molar refractivity (Wildman–Crippen MR) is 85.3 cm³/mol. The summed E-state index contributed by atoms with van der Waals surface area (Å²) in [6.07, 6.45) is 8.58. The summed E-state index contributed by atoms with van der Waals surface area (Å²) in [4.78, 5) is 8.77. The quantitative estimate of drug-likeness (QED) is 0.785. The van der Waals surface area contributed by atoms with Gasteiger partial charge in [-0.1, -0.05) is 6.07 Å². The van der Waals surface area contributed by atoms with Gasteiger partial charge in [0.15, 0.2) is 0 Å². The Kier molecular flexibility index (Phi) is 3.18. The van der Waals surface area contributed by atoms with Crippen LogP contribution in [0.4, 0.5) is 5.82 Å². The van der Waals surface area contributed by atoms with Crippen LogP contribution in [-0.4, -0.2) is 21.4 Å². The first-order valence-electron chi connectivity index (χ1n) is 7.56. The number of ether oxygens (including phenoxy) is 1. The molecule has 3 aromatic rings. The zero-order chi connectivity index (χ0) is 14.9. The van der Waals surface area contributed by atoms with E-state index in [0.717, 1.165) is 28.8 Å². The van der Waals surface area contributed by atoms with Crippen molar-refractivity contribution in [2.24, 2.45) is 0 Å². The standard InChI is InChI=1S/C17H18N4O/c1-18-16-8-15(6-7-19-16)22-11-14-10-21-9-13(12-2-3-12)4-5-17(21)20-14/h4-10,12H,2-3,11H2,1H3,(H,18,19). The molecule has 1 saturated carbocycles. The number of hydrogen-bond donors (Lipinski definition) is 1. The van der Waals surface area contributed by atoms with Gasteiger partial charge in [-0.15, -0.1) is 0 Å². The number of aromatic nitrogens is 3. The third kappa shape index (κ3) is 2.62. The summed E-state index contributed by atoms with van der Waals surface area (Å²) in [6, 6.07) is 8.00. The Labute approximate surface area is 129 Å². The second kappa shape index (κ2) is 5.33. The number of nitrogens with one attached hydrogen (secondary N) is 1. The average Bonchev–Trinajstić information content (AvgIpc) is 3.32. The van der Waals surface area contributed by atoms with Crippen LogP contribution in [0.15, 0.2) is 42.9 Å². The largest absolute Gasteiger partial charge is 0.487 e. The summed E-state index contributed by atoms with van der Waals surface area (Å²) in [5, 5.41) is 3.00. The lowest BCUT2D eigenvalue weighted by Crippen LogP contribution is -1.97. The zero-order valence-corrected chi connectivity index (χ0v) is 12.5. The molecular formula is C17H18N4O. The van der Waals surface area contributed by atoms with E-state index in [1.165, 1.54) is 18.4 Å². The monoisotopic (exact) mass is 294 g/mol. The third-order valence-corrected chi connectivity index (χ3v) is 3.95. The number of pyridine rings is 2. The highest BCUT2D eigenvalue weighted by molar-refractivity contribution is 5.43. The minimum Gasteiger partial charge on any atom is -0.487 e. The van der Waals surface area contributed by atoms with Crippen LogP contribution >= 0.6 is 0 Å². The molecule has 0 bridgehead atoms. The number of anilines is 1. The van der Waals surface area contributed by atoms with Crippen LogP contribution in [-0.2, 0) is 6.61 Å². The van der Waals surface area contributed by atoms with E-state index in [1.54, 1.807) is 6.20 Å². The van der Waals surface area contributed by atoms with Gasteiger partial charge in [-0.25, -0.2) is 9.97 Å². The molecule has 0 saturated heterocycles. The van der Waals surface area contributed by atoms with Crippen molar-refractivity contribution in [3.63, 3.8) is 0 Å². The maximum Gasteiger partial charge on any atom is 0.137 e. The van der Waals surface area contributed by atoms with Crippen LogP contribution in [0.2, 0.25) is 0 Å². The van der Waals surface area contributed by atoms with Crippen LogP contribution in [0.1, 0.15) is 30.0 Å².